The van der Waals surface area contributed by atoms with Gasteiger partial charge in [-0.1, -0.05) is 13.2 Å². The molecule has 1 aliphatic rings. The van der Waals surface area contributed by atoms with E-state index in [0.717, 1.165) is 13.0 Å². The van der Waals surface area contributed by atoms with Crippen LogP contribution in [0.1, 0.15) is 6.42 Å². The van der Waals surface area contributed by atoms with E-state index in [1.165, 1.54) is 0 Å². The highest BCUT2D eigenvalue weighted by atomic mass is 16.2. The Bertz CT molecular complexity index is 106. The third-order valence-electron chi connectivity index (χ3n) is 0.674. The van der Waals surface area contributed by atoms with Gasteiger partial charge in [-0.25, -0.2) is 0 Å². The average molecular weight is 111 g/mol. The second-order valence-corrected chi connectivity index (χ2v) is 1.35. The summed E-state index contributed by atoms with van der Waals surface area (Å²) in [6.07, 6.45) is 0.736. The molecule has 0 saturated carbocycles. The molecule has 1 saturated heterocycles. The Morgan fingerprint density at radius 2 is 1.88 bits per heavy atom. The second-order valence-electron chi connectivity index (χ2n) is 1.35. The van der Waals surface area contributed by atoms with Crippen molar-refractivity contribution in [3.8, 4) is 0 Å². The Morgan fingerprint density at radius 1 is 1.62 bits per heavy atom. The van der Waals surface area contributed by atoms with Crippen molar-refractivity contribution in [1.82, 2.24) is 5.32 Å². The van der Waals surface area contributed by atoms with Crippen molar-refractivity contribution in [3.05, 3.63) is 18.9 Å². The number of hydrogen-bond acceptors (Lipinski definition) is 1. The molecule has 0 aromatic heterocycles. The molecule has 0 atom stereocenters. The first-order valence-corrected chi connectivity index (χ1v) is 2.37. The summed E-state index contributed by atoms with van der Waals surface area (Å²) in [5.41, 5.74) is 2.25. The van der Waals surface area contributed by atoms with Gasteiger partial charge in [-0.2, -0.15) is 0 Å². The summed E-state index contributed by atoms with van der Waals surface area (Å²) in [6.45, 7) is 7.14. The van der Waals surface area contributed by atoms with Crippen LogP contribution in [0.2, 0.25) is 0 Å². The highest BCUT2D eigenvalue weighted by Gasteiger charge is 2.07. The van der Waals surface area contributed by atoms with Gasteiger partial charge in [0.15, 0.2) is 0 Å². The van der Waals surface area contributed by atoms with Gasteiger partial charge in [0.25, 0.3) is 0 Å². The van der Waals surface area contributed by atoms with E-state index < -0.39 is 0 Å². The zero-order valence-corrected chi connectivity index (χ0v) is 4.74. The summed E-state index contributed by atoms with van der Waals surface area (Å²) in [6, 6.07) is 0. The molecule has 1 aliphatic heterocycles. The van der Waals surface area contributed by atoms with Crippen LogP contribution < -0.4 is 5.32 Å². The van der Waals surface area contributed by atoms with Crippen LogP contribution in [-0.2, 0) is 4.79 Å². The van der Waals surface area contributed by atoms with Crippen molar-refractivity contribution in [2.45, 2.75) is 6.42 Å². The van der Waals surface area contributed by atoms with Gasteiger partial charge < -0.3 is 5.32 Å². The Balaban J connectivity index is 0.000000145. The smallest absolute Gasteiger partial charge is 0.221 e. The normalized spacial score (nSPS) is 13.8. The molecule has 0 bridgehead atoms. The van der Waals surface area contributed by atoms with E-state index in [1.807, 2.05) is 0 Å². The van der Waals surface area contributed by atoms with E-state index in [9.17, 15) is 4.79 Å². The lowest BCUT2D eigenvalue weighted by molar-refractivity contribution is -0.125. The lowest BCUT2D eigenvalue weighted by atomic mass is 10.3. The minimum absolute atomic E-state index is 0.185. The van der Waals surface area contributed by atoms with Gasteiger partial charge in [0.1, 0.15) is 0 Å². The fraction of sp³-hybridized carbons (Fsp3) is 0.333. The number of hydrogen-bond donors (Lipinski definition) is 1. The van der Waals surface area contributed by atoms with Crippen LogP contribution in [0.25, 0.3) is 0 Å². The average Bonchev–Trinajstić information content (AvgIpc) is 1.64. The molecule has 2 nitrogen and oxygen atoms in total. The molecular formula is C6H9NO. The van der Waals surface area contributed by atoms with Crippen molar-refractivity contribution in [2.75, 3.05) is 6.54 Å². The van der Waals surface area contributed by atoms with Gasteiger partial charge in [0.05, 0.1) is 0 Å². The molecule has 0 unspecified atom stereocenters. The molecule has 0 radical (unpaired) electrons. The Hall–Kier alpha value is -1.01. The zero-order valence-electron chi connectivity index (χ0n) is 4.74. The third-order valence-corrected chi connectivity index (χ3v) is 0.674. The third kappa shape index (κ3) is 3.19. The Kier molecular flexibility index (Phi) is 3.63. The summed E-state index contributed by atoms with van der Waals surface area (Å²) >= 11 is 0. The standard InChI is InChI=1S/C3H5NO.C3H4/c5-3-1-2-4-3;1-3-2/h1-2H2,(H,4,5);1-2H2. The van der Waals surface area contributed by atoms with Gasteiger partial charge in [-0.15, -0.1) is 5.73 Å². The zero-order chi connectivity index (χ0) is 6.41. The predicted octanol–water partition coefficient (Wildman–Crippen LogP) is 0.464. The van der Waals surface area contributed by atoms with E-state index in [0.29, 0.717) is 0 Å². The molecule has 8 heavy (non-hydrogen) atoms. The minimum Gasteiger partial charge on any atom is -0.356 e. The van der Waals surface area contributed by atoms with Crippen molar-refractivity contribution in [1.29, 1.82) is 0 Å². The van der Waals surface area contributed by atoms with Gasteiger partial charge in [-0.3, -0.25) is 4.79 Å². The van der Waals surface area contributed by atoms with Crippen LogP contribution in [0.15, 0.2) is 18.9 Å². The number of β-lactam (4-membered cyclic amide) rings is 1. The highest BCUT2D eigenvalue weighted by Crippen LogP contribution is 1.85. The molecule has 44 valence electrons. The number of nitrogens with one attached hydrogen (secondary N) is 1. The van der Waals surface area contributed by atoms with Crippen LogP contribution in [-0.4, -0.2) is 12.5 Å². The Labute approximate surface area is 48.9 Å². The maximum atomic E-state index is 9.79. The number of carbonyl (C=O) groups is 1. The van der Waals surface area contributed by atoms with Gasteiger partial charge in [0.2, 0.25) is 5.91 Å². The topological polar surface area (TPSA) is 29.1 Å². The van der Waals surface area contributed by atoms with Gasteiger partial charge in [-0.05, 0) is 0 Å². The number of amides is 1. The molecule has 0 aromatic carbocycles. The monoisotopic (exact) mass is 111 g/mol. The minimum atomic E-state index is 0.185. The van der Waals surface area contributed by atoms with E-state index in [1.54, 1.807) is 0 Å². The largest absolute Gasteiger partial charge is 0.356 e. The van der Waals surface area contributed by atoms with Crippen molar-refractivity contribution < 1.29 is 4.79 Å². The molecular weight excluding hydrogens is 102 g/mol. The SMILES string of the molecule is C=C=C.O=C1CCN1. The van der Waals surface area contributed by atoms with E-state index in [-0.39, 0.29) is 5.91 Å². The first-order valence-electron chi connectivity index (χ1n) is 2.37. The maximum absolute atomic E-state index is 9.79. The summed E-state index contributed by atoms with van der Waals surface area (Å²) in [5, 5.41) is 2.57. The number of carbonyl (C=O) groups excluding carboxylic acids is 1. The summed E-state index contributed by atoms with van der Waals surface area (Å²) < 4.78 is 0. The fourth-order valence-corrected chi connectivity index (χ4v) is 0.227. The van der Waals surface area contributed by atoms with Gasteiger partial charge in [0, 0.05) is 13.0 Å². The molecule has 1 fully saturated rings. The van der Waals surface area contributed by atoms with Crippen molar-refractivity contribution >= 4 is 5.91 Å². The highest BCUT2D eigenvalue weighted by molar-refractivity contribution is 5.81. The van der Waals surface area contributed by atoms with Crippen LogP contribution in [0, 0.1) is 0 Å². The quantitative estimate of drug-likeness (QED) is 0.357. The molecule has 0 aromatic rings. The first kappa shape index (κ1) is 6.99. The number of rotatable bonds is 0. The van der Waals surface area contributed by atoms with Gasteiger partial charge >= 0.3 is 0 Å². The van der Waals surface area contributed by atoms with E-state index >= 15 is 0 Å². The van der Waals surface area contributed by atoms with E-state index in [4.69, 9.17) is 0 Å². The first-order chi connectivity index (χ1) is 3.81. The van der Waals surface area contributed by atoms with E-state index in [2.05, 4.69) is 24.2 Å². The lowest BCUT2D eigenvalue weighted by Crippen LogP contribution is -2.37. The van der Waals surface area contributed by atoms with Crippen LogP contribution in [0.4, 0.5) is 0 Å². The summed E-state index contributed by atoms with van der Waals surface area (Å²) in [4.78, 5) is 9.79. The second kappa shape index (κ2) is 4.16. The molecule has 1 heterocycles. The molecule has 1 rings (SSSR count). The lowest BCUT2D eigenvalue weighted by Gasteiger charge is -2.10. The molecule has 1 amide bonds. The molecule has 1 N–H and O–H groups in total. The van der Waals surface area contributed by atoms with Crippen molar-refractivity contribution in [2.24, 2.45) is 0 Å². The van der Waals surface area contributed by atoms with Crippen molar-refractivity contribution in [3.63, 3.8) is 0 Å². The summed E-state index contributed by atoms with van der Waals surface area (Å²) in [5.74, 6) is 0.185. The molecule has 0 spiro atoms. The van der Waals surface area contributed by atoms with Crippen LogP contribution >= 0.6 is 0 Å². The van der Waals surface area contributed by atoms with Crippen LogP contribution in [0.3, 0.4) is 0 Å². The molecule has 0 aliphatic carbocycles. The fourth-order valence-electron chi connectivity index (χ4n) is 0.227. The summed E-state index contributed by atoms with van der Waals surface area (Å²) in [7, 11) is 0. The maximum Gasteiger partial charge on any atom is 0.221 e. The van der Waals surface area contributed by atoms with Crippen LogP contribution in [0.5, 0.6) is 0 Å². The molecule has 2 heteroatoms. The predicted molar refractivity (Wildman–Crippen MR) is 32.4 cm³/mol. The Morgan fingerprint density at radius 3 is 1.88 bits per heavy atom.